The summed E-state index contributed by atoms with van der Waals surface area (Å²) in [6, 6.07) is 15.2. The van der Waals surface area contributed by atoms with Crippen molar-refractivity contribution in [1.82, 2.24) is 15.1 Å². The number of rotatable bonds is 5. The van der Waals surface area contributed by atoms with Crippen LogP contribution in [0.5, 0.6) is 0 Å². The fraction of sp³-hybridized carbons (Fsp3) is 0.0556. The summed E-state index contributed by atoms with van der Waals surface area (Å²) in [4.78, 5) is 23.2. The average Bonchev–Trinajstić information content (AvgIpc) is 3.10. The lowest BCUT2D eigenvalue weighted by Gasteiger charge is -2.07. The van der Waals surface area contributed by atoms with Gasteiger partial charge < -0.3 is 16.4 Å². The summed E-state index contributed by atoms with van der Waals surface area (Å²) in [5, 5.41) is 10.1. The van der Waals surface area contributed by atoms with Gasteiger partial charge in [0, 0.05) is 23.5 Å². The van der Waals surface area contributed by atoms with E-state index in [9.17, 15) is 9.59 Å². The Morgan fingerprint density at radius 3 is 2.69 bits per heavy atom. The highest BCUT2D eigenvalue weighted by Gasteiger charge is 2.10. The number of halogens is 1. The molecule has 8 heteroatoms. The van der Waals surface area contributed by atoms with E-state index < -0.39 is 6.03 Å². The Kier molecular flexibility index (Phi) is 5.19. The van der Waals surface area contributed by atoms with Gasteiger partial charge in [0.2, 0.25) is 0 Å². The van der Waals surface area contributed by atoms with Gasteiger partial charge in [-0.2, -0.15) is 5.10 Å². The van der Waals surface area contributed by atoms with Gasteiger partial charge in [-0.15, -0.1) is 0 Å². The van der Waals surface area contributed by atoms with E-state index in [-0.39, 0.29) is 18.1 Å². The first-order chi connectivity index (χ1) is 12.5. The van der Waals surface area contributed by atoms with E-state index in [0.717, 1.165) is 11.3 Å². The molecule has 132 valence electrons. The summed E-state index contributed by atoms with van der Waals surface area (Å²) in [6.45, 7) is 0.289. The fourth-order valence-electron chi connectivity index (χ4n) is 2.38. The molecule has 26 heavy (non-hydrogen) atoms. The topological polar surface area (TPSA) is 102 Å². The van der Waals surface area contributed by atoms with Gasteiger partial charge in [0.1, 0.15) is 0 Å². The highest BCUT2D eigenvalue weighted by Crippen LogP contribution is 2.14. The Morgan fingerprint density at radius 2 is 1.92 bits per heavy atom. The molecule has 0 aliphatic carbocycles. The zero-order valence-corrected chi connectivity index (χ0v) is 14.4. The van der Waals surface area contributed by atoms with Crippen LogP contribution in [0.2, 0.25) is 5.02 Å². The minimum atomic E-state index is -0.641. The van der Waals surface area contributed by atoms with E-state index in [0.29, 0.717) is 10.7 Å². The van der Waals surface area contributed by atoms with Crippen molar-refractivity contribution >= 4 is 29.2 Å². The summed E-state index contributed by atoms with van der Waals surface area (Å²) in [5.74, 6) is -0.306. The van der Waals surface area contributed by atoms with E-state index in [1.165, 1.54) is 0 Å². The molecule has 0 fully saturated rings. The monoisotopic (exact) mass is 369 g/mol. The molecule has 0 saturated carbocycles. The smallest absolute Gasteiger partial charge is 0.316 e. The molecule has 0 spiro atoms. The maximum atomic E-state index is 12.3. The third-order valence-corrected chi connectivity index (χ3v) is 3.78. The van der Waals surface area contributed by atoms with Gasteiger partial charge in [-0.3, -0.25) is 4.79 Å². The molecule has 0 aliphatic rings. The van der Waals surface area contributed by atoms with Gasteiger partial charge in [-0.05, 0) is 42.0 Å². The number of carbonyl (C=O) groups excluding carboxylic acids is 2. The van der Waals surface area contributed by atoms with Gasteiger partial charge >= 0.3 is 6.03 Å². The number of primary amides is 1. The molecule has 1 aromatic heterocycles. The van der Waals surface area contributed by atoms with Crippen molar-refractivity contribution in [1.29, 1.82) is 0 Å². The predicted octanol–water partition coefficient (Wildman–Crippen LogP) is 2.95. The molecular weight excluding hydrogens is 354 g/mol. The van der Waals surface area contributed by atoms with Crippen LogP contribution < -0.4 is 16.4 Å². The van der Waals surface area contributed by atoms with Crippen LogP contribution in [-0.2, 0) is 6.54 Å². The lowest BCUT2D eigenvalue weighted by molar-refractivity contribution is 0.0945. The van der Waals surface area contributed by atoms with E-state index in [4.69, 9.17) is 17.3 Å². The number of urea groups is 1. The van der Waals surface area contributed by atoms with E-state index in [1.54, 1.807) is 47.3 Å². The number of aromatic nitrogens is 2. The molecule has 1 heterocycles. The SMILES string of the molecule is NC(=O)Nc1cccc(CNC(=O)c2ccn(-c3cccc(Cl)c3)n2)c1. The first-order valence-corrected chi connectivity index (χ1v) is 8.14. The van der Waals surface area contributed by atoms with Crippen LogP contribution in [0.15, 0.2) is 60.8 Å². The lowest BCUT2D eigenvalue weighted by atomic mass is 10.2. The van der Waals surface area contributed by atoms with E-state index in [1.807, 2.05) is 18.2 Å². The normalized spacial score (nSPS) is 10.3. The maximum Gasteiger partial charge on any atom is 0.316 e. The Hall–Kier alpha value is -3.32. The van der Waals surface area contributed by atoms with Crippen molar-refractivity contribution in [3.63, 3.8) is 0 Å². The summed E-state index contributed by atoms with van der Waals surface area (Å²) < 4.78 is 1.58. The molecule has 4 N–H and O–H groups in total. The fourth-order valence-corrected chi connectivity index (χ4v) is 2.57. The standard InChI is InChI=1S/C18H16ClN5O2/c19-13-4-2-6-15(10-13)24-8-7-16(23-24)17(25)21-11-12-3-1-5-14(9-12)22-18(20)26/h1-10H,11H2,(H,21,25)(H3,20,22,26). The second-order valence-electron chi connectivity index (χ2n) is 5.50. The first kappa shape index (κ1) is 17.5. The van der Waals surface area contributed by atoms with Crippen molar-refractivity contribution in [3.8, 4) is 5.69 Å². The number of hydrogen-bond donors (Lipinski definition) is 3. The van der Waals surface area contributed by atoms with Gasteiger partial charge in [0.05, 0.1) is 5.69 Å². The second kappa shape index (κ2) is 7.71. The molecule has 2 aromatic carbocycles. The summed E-state index contributed by atoms with van der Waals surface area (Å²) in [7, 11) is 0. The summed E-state index contributed by atoms with van der Waals surface area (Å²) >= 11 is 5.97. The minimum absolute atomic E-state index is 0.288. The number of nitrogens with one attached hydrogen (secondary N) is 2. The predicted molar refractivity (Wildman–Crippen MR) is 99.4 cm³/mol. The van der Waals surface area contributed by atoms with Crippen LogP contribution in [0.3, 0.4) is 0 Å². The molecule has 0 atom stereocenters. The van der Waals surface area contributed by atoms with Crippen molar-refractivity contribution in [3.05, 3.63) is 77.1 Å². The number of nitrogens with zero attached hydrogens (tertiary/aromatic N) is 2. The van der Waals surface area contributed by atoms with Crippen LogP contribution in [0.1, 0.15) is 16.1 Å². The van der Waals surface area contributed by atoms with Crippen LogP contribution in [0.25, 0.3) is 5.69 Å². The highest BCUT2D eigenvalue weighted by atomic mass is 35.5. The van der Waals surface area contributed by atoms with Crippen LogP contribution in [-0.4, -0.2) is 21.7 Å². The molecule has 3 rings (SSSR count). The van der Waals surface area contributed by atoms with Crippen molar-refractivity contribution in [2.24, 2.45) is 5.73 Å². The molecule has 3 aromatic rings. The minimum Gasteiger partial charge on any atom is -0.351 e. The molecule has 0 aliphatic heterocycles. The van der Waals surface area contributed by atoms with Crippen molar-refractivity contribution in [2.75, 3.05) is 5.32 Å². The third-order valence-electron chi connectivity index (χ3n) is 3.54. The van der Waals surface area contributed by atoms with Crippen LogP contribution in [0.4, 0.5) is 10.5 Å². The lowest BCUT2D eigenvalue weighted by Crippen LogP contribution is -2.23. The summed E-state index contributed by atoms with van der Waals surface area (Å²) in [5.41, 5.74) is 7.53. The molecular formula is C18H16ClN5O2. The molecule has 0 saturated heterocycles. The molecule has 3 amide bonds. The number of anilines is 1. The Morgan fingerprint density at radius 1 is 1.12 bits per heavy atom. The van der Waals surface area contributed by atoms with Gasteiger partial charge in [0.15, 0.2) is 5.69 Å². The van der Waals surface area contributed by atoms with E-state index >= 15 is 0 Å². The van der Waals surface area contributed by atoms with Gasteiger partial charge in [0.25, 0.3) is 5.91 Å². The number of benzene rings is 2. The largest absolute Gasteiger partial charge is 0.351 e. The number of hydrogen-bond acceptors (Lipinski definition) is 3. The second-order valence-corrected chi connectivity index (χ2v) is 5.93. The zero-order valence-electron chi connectivity index (χ0n) is 13.6. The zero-order chi connectivity index (χ0) is 18.5. The van der Waals surface area contributed by atoms with Gasteiger partial charge in [-0.1, -0.05) is 29.8 Å². The Balaban J connectivity index is 1.65. The number of carbonyl (C=O) groups is 2. The quantitative estimate of drug-likeness (QED) is 0.644. The van der Waals surface area contributed by atoms with Crippen molar-refractivity contribution in [2.45, 2.75) is 6.54 Å². The molecule has 0 unspecified atom stereocenters. The number of nitrogens with two attached hydrogens (primary N) is 1. The summed E-state index contributed by atoms with van der Waals surface area (Å²) in [6.07, 6.45) is 1.69. The van der Waals surface area contributed by atoms with E-state index in [2.05, 4.69) is 15.7 Å². The van der Waals surface area contributed by atoms with Crippen molar-refractivity contribution < 1.29 is 9.59 Å². The Labute approximate surface area is 154 Å². The number of amides is 3. The van der Waals surface area contributed by atoms with Crippen LogP contribution in [0, 0.1) is 0 Å². The van der Waals surface area contributed by atoms with Gasteiger partial charge in [-0.25, -0.2) is 9.48 Å². The highest BCUT2D eigenvalue weighted by molar-refractivity contribution is 6.30. The maximum absolute atomic E-state index is 12.3. The first-order valence-electron chi connectivity index (χ1n) is 7.76. The third kappa shape index (κ3) is 4.40. The molecule has 0 bridgehead atoms. The molecule has 7 nitrogen and oxygen atoms in total. The Bertz CT molecular complexity index is 954. The van der Waals surface area contributed by atoms with Crippen LogP contribution >= 0.6 is 11.6 Å². The average molecular weight is 370 g/mol. The molecule has 0 radical (unpaired) electrons.